The second-order valence-electron chi connectivity index (χ2n) is 4.66. The van der Waals surface area contributed by atoms with Crippen molar-refractivity contribution in [3.63, 3.8) is 0 Å². The maximum absolute atomic E-state index is 12.7. The number of alkyl halides is 3. The number of ether oxygens (including phenoxy) is 1. The molecular formula is C13H17F3N2O4S. The van der Waals surface area contributed by atoms with Crippen LogP contribution in [0.3, 0.4) is 0 Å². The Morgan fingerprint density at radius 2 is 2.00 bits per heavy atom. The first kappa shape index (κ1) is 19.2. The predicted molar refractivity (Wildman–Crippen MR) is 78.5 cm³/mol. The lowest BCUT2D eigenvalue weighted by molar-refractivity contribution is -0.137. The van der Waals surface area contributed by atoms with E-state index in [2.05, 4.69) is 5.32 Å². The molecule has 1 aromatic carbocycles. The summed E-state index contributed by atoms with van der Waals surface area (Å²) in [5.41, 5.74) is -1.23. The molecule has 0 radical (unpaired) electrons. The number of carbonyl (C=O) groups is 1. The van der Waals surface area contributed by atoms with Gasteiger partial charge in [-0.05, 0) is 18.2 Å². The third-order valence-electron chi connectivity index (χ3n) is 2.78. The van der Waals surface area contributed by atoms with Gasteiger partial charge < -0.3 is 10.1 Å². The number of amides is 1. The Bertz CT molecular complexity index is 647. The number of nitrogens with one attached hydrogen (secondary N) is 1. The highest BCUT2D eigenvalue weighted by Crippen LogP contribution is 2.32. The largest absolute Gasteiger partial charge is 0.416 e. The van der Waals surface area contributed by atoms with Crippen molar-refractivity contribution in [2.24, 2.45) is 0 Å². The number of sulfonamides is 1. The Morgan fingerprint density at radius 1 is 1.35 bits per heavy atom. The maximum atomic E-state index is 12.7. The summed E-state index contributed by atoms with van der Waals surface area (Å²) >= 11 is 0. The van der Waals surface area contributed by atoms with Gasteiger partial charge >= 0.3 is 6.18 Å². The van der Waals surface area contributed by atoms with Gasteiger partial charge in [-0.3, -0.25) is 9.10 Å². The van der Waals surface area contributed by atoms with Gasteiger partial charge in [-0.25, -0.2) is 8.42 Å². The second kappa shape index (κ2) is 7.64. The zero-order chi connectivity index (χ0) is 17.7. The van der Waals surface area contributed by atoms with Crippen molar-refractivity contribution in [1.82, 2.24) is 5.32 Å². The van der Waals surface area contributed by atoms with Crippen LogP contribution in [-0.2, 0) is 25.7 Å². The molecule has 0 heterocycles. The summed E-state index contributed by atoms with van der Waals surface area (Å²) in [5.74, 6) is -0.648. The molecule has 23 heavy (non-hydrogen) atoms. The molecule has 0 fully saturated rings. The first-order valence-electron chi connectivity index (χ1n) is 6.46. The monoisotopic (exact) mass is 354 g/mol. The third-order valence-corrected chi connectivity index (χ3v) is 3.92. The topological polar surface area (TPSA) is 75.7 Å². The zero-order valence-corrected chi connectivity index (χ0v) is 13.4. The van der Waals surface area contributed by atoms with Gasteiger partial charge in [0, 0.05) is 13.7 Å². The van der Waals surface area contributed by atoms with Crippen LogP contribution in [0, 0.1) is 0 Å². The summed E-state index contributed by atoms with van der Waals surface area (Å²) < 4.78 is 67.1. The smallest absolute Gasteiger partial charge is 0.383 e. The van der Waals surface area contributed by atoms with Gasteiger partial charge in [0.05, 0.1) is 24.1 Å². The van der Waals surface area contributed by atoms with Crippen LogP contribution in [0.25, 0.3) is 0 Å². The summed E-state index contributed by atoms with van der Waals surface area (Å²) in [4.78, 5) is 11.7. The molecule has 1 amide bonds. The van der Waals surface area contributed by atoms with E-state index in [0.29, 0.717) is 10.4 Å². The Labute approximate surface area is 132 Å². The van der Waals surface area contributed by atoms with E-state index in [1.165, 1.54) is 13.2 Å². The highest BCUT2D eigenvalue weighted by molar-refractivity contribution is 7.92. The quantitative estimate of drug-likeness (QED) is 0.748. The van der Waals surface area contributed by atoms with E-state index in [1.807, 2.05) is 0 Å². The molecule has 1 rings (SSSR count). The van der Waals surface area contributed by atoms with Crippen LogP contribution < -0.4 is 9.62 Å². The van der Waals surface area contributed by atoms with E-state index >= 15 is 0 Å². The number of carbonyl (C=O) groups excluding carboxylic acids is 1. The maximum Gasteiger partial charge on any atom is 0.416 e. The summed E-state index contributed by atoms with van der Waals surface area (Å²) in [5, 5.41) is 2.41. The summed E-state index contributed by atoms with van der Waals surface area (Å²) in [7, 11) is -2.50. The predicted octanol–water partition coefficient (Wildman–Crippen LogP) is 1.23. The van der Waals surface area contributed by atoms with Crippen LogP contribution in [0.4, 0.5) is 18.9 Å². The van der Waals surface area contributed by atoms with E-state index in [1.54, 1.807) is 0 Å². The molecule has 0 aliphatic heterocycles. The molecule has 130 valence electrons. The average molecular weight is 354 g/mol. The molecule has 1 N–H and O–H groups in total. The molecular weight excluding hydrogens is 337 g/mol. The lowest BCUT2D eigenvalue weighted by Gasteiger charge is -2.22. The number of benzene rings is 1. The Balaban J connectivity index is 3.02. The van der Waals surface area contributed by atoms with Crippen molar-refractivity contribution >= 4 is 21.6 Å². The van der Waals surface area contributed by atoms with Gasteiger partial charge in [0.25, 0.3) is 0 Å². The number of methoxy groups -OCH3 is 1. The van der Waals surface area contributed by atoms with Gasteiger partial charge in [-0.1, -0.05) is 6.07 Å². The number of hydrogen-bond acceptors (Lipinski definition) is 4. The van der Waals surface area contributed by atoms with Crippen molar-refractivity contribution < 1.29 is 31.1 Å². The van der Waals surface area contributed by atoms with Gasteiger partial charge in [-0.2, -0.15) is 13.2 Å². The van der Waals surface area contributed by atoms with Crippen LogP contribution >= 0.6 is 0 Å². The van der Waals surface area contributed by atoms with Crippen LogP contribution in [0.5, 0.6) is 0 Å². The minimum atomic E-state index is -4.61. The zero-order valence-electron chi connectivity index (χ0n) is 12.6. The molecule has 0 bridgehead atoms. The van der Waals surface area contributed by atoms with Gasteiger partial charge in [0.1, 0.15) is 6.54 Å². The minimum absolute atomic E-state index is 0.162. The Kier molecular flexibility index (Phi) is 6.39. The highest BCUT2D eigenvalue weighted by Gasteiger charge is 2.31. The van der Waals surface area contributed by atoms with E-state index < -0.39 is 34.2 Å². The first-order chi connectivity index (χ1) is 10.6. The van der Waals surface area contributed by atoms with E-state index in [9.17, 15) is 26.4 Å². The number of hydrogen-bond donors (Lipinski definition) is 1. The molecule has 0 saturated heterocycles. The molecule has 0 atom stereocenters. The number of halogens is 3. The fourth-order valence-electron chi connectivity index (χ4n) is 1.72. The normalized spacial score (nSPS) is 12.0. The molecule has 0 aliphatic carbocycles. The summed E-state index contributed by atoms with van der Waals surface area (Å²) in [6.45, 7) is -0.229. The minimum Gasteiger partial charge on any atom is -0.383 e. The van der Waals surface area contributed by atoms with Gasteiger partial charge in [0.15, 0.2) is 0 Å². The molecule has 0 spiro atoms. The second-order valence-corrected chi connectivity index (χ2v) is 6.57. The summed E-state index contributed by atoms with van der Waals surface area (Å²) in [6.07, 6.45) is -3.80. The van der Waals surface area contributed by atoms with E-state index in [4.69, 9.17) is 4.74 Å². The van der Waals surface area contributed by atoms with Crippen LogP contribution in [0.2, 0.25) is 0 Å². The highest BCUT2D eigenvalue weighted by atomic mass is 32.2. The Hall–Kier alpha value is -1.81. The molecule has 6 nitrogen and oxygen atoms in total. The molecule has 0 aromatic heterocycles. The molecule has 0 unspecified atom stereocenters. The van der Waals surface area contributed by atoms with E-state index in [0.717, 1.165) is 18.4 Å². The van der Waals surface area contributed by atoms with Crippen LogP contribution in [-0.4, -0.2) is 47.4 Å². The number of nitrogens with zero attached hydrogens (tertiary/aromatic N) is 1. The lowest BCUT2D eigenvalue weighted by atomic mass is 10.2. The lowest BCUT2D eigenvalue weighted by Crippen LogP contribution is -2.41. The fourth-order valence-corrected chi connectivity index (χ4v) is 2.56. The van der Waals surface area contributed by atoms with Crippen molar-refractivity contribution in [2.75, 3.05) is 37.4 Å². The number of rotatable bonds is 7. The number of anilines is 1. The first-order valence-corrected chi connectivity index (χ1v) is 8.31. The van der Waals surface area contributed by atoms with Gasteiger partial charge in [0.2, 0.25) is 15.9 Å². The summed E-state index contributed by atoms with van der Waals surface area (Å²) in [6, 6.07) is 3.78. The van der Waals surface area contributed by atoms with Crippen LogP contribution in [0.15, 0.2) is 24.3 Å². The molecule has 0 aliphatic rings. The van der Waals surface area contributed by atoms with E-state index in [-0.39, 0.29) is 18.8 Å². The standard InChI is InChI=1S/C13H17F3N2O4S/c1-22-7-6-17-12(19)9-18(23(2,20)21)11-5-3-4-10(8-11)13(14,15)16/h3-5,8H,6-7,9H2,1-2H3,(H,17,19). The van der Waals surface area contributed by atoms with Crippen molar-refractivity contribution in [1.29, 1.82) is 0 Å². The van der Waals surface area contributed by atoms with Gasteiger partial charge in [-0.15, -0.1) is 0 Å². The average Bonchev–Trinajstić information content (AvgIpc) is 2.43. The molecule has 1 aromatic rings. The fraction of sp³-hybridized carbons (Fsp3) is 0.462. The van der Waals surface area contributed by atoms with Crippen molar-refractivity contribution in [3.05, 3.63) is 29.8 Å². The SMILES string of the molecule is COCCNC(=O)CN(c1cccc(C(F)(F)F)c1)S(C)(=O)=O. The van der Waals surface area contributed by atoms with Crippen molar-refractivity contribution in [2.45, 2.75) is 6.18 Å². The van der Waals surface area contributed by atoms with Crippen molar-refractivity contribution in [3.8, 4) is 0 Å². The Morgan fingerprint density at radius 3 is 2.52 bits per heavy atom. The molecule has 0 saturated carbocycles. The van der Waals surface area contributed by atoms with Crippen LogP contribution in [0.1, 0.15) is 5.56 Å². The third kappa shape index (κ3) is 6.06. The molecule has 10 heteroatoms.